The van der Waals surface area contributed by atoms with Crippen LogP contribution in [-0.4, -0.2) is 24.0 Å². The molecule has 1 saturated heterocycles. The van der Waals surface area contributed by atoms with Crippen LogP contribution in [0.2, 0.25) is 0 Å². The first-order chi connectivity index (χ1) is 10.1. The number of carbonyl (C=O) groups is 1. The molecule has 21 heavy (non-hydrogen) atoms. The second-order valence-electron chi connectivity index (χ2n) is 5.56. The molecule has 0 spiro atoms. The van der Waals surface area contributed by atoms with Crippen molar-refractivity contribution in [2.75, 3.05) is 18.4 Å². The Morgan fingerprint density at radius 3 is 2.67 bits per heavy atom. The van der Waals surface area contributed by atoms with Gasteiger partial charge in [0.2, 0.25) is 5.91 Å². The minimum atomic E-state index is 0.0443. The summed E-state index contributed by atoms with van der Waals surface area (Å²) in [5.41, 5.74) is 2.59. The summed E-state index contributed by atoms with van der Waals surface area (Å²) in [4.78, 5) is 16.5. The van der Waals surface area contributed by atoms with Crippen molar-refractivity contribution >= 4 is 11.6 Å². The molecular weight excluding hydrogens is 266 g/mol. The van der Waals surface area contributed by atoms with Gasteiger partial charge in [-0.2, -0.15) is 0 Å². The van der Waals surface area contributed by atoms with Gasteiger partial charge in [-0.15, -0.1) is 0 Å². The molecule has 2 unspecified atom stereocenters. The van der Waals surface area contributed by atoms with Crippen LogP contribution in [0.15, 0.2) is 34.9 Å². The Bertz CT molecular complexity index is 633. The van der Waals surface area contributed by atoms with Gasteiger partial charge in [-0.1, -0.05) is 19.1 Å². The SMILES string of the molecule is Cc1nc(-c2ccc(NC(=O)C3CNCC3C)cc2)co1. The van der Waals surface area contributed by atoms with E-state index in [0.29, 0.717) is 11.8 Å². The van der Waals surface area contributed by atoms with E-state index in [1.165, 1.54) is 0 Å². The number of aryl methyl sites for hydroxylation is 1. The predicted molar refractivity (Wildman–Crippen MR) is 80.8 cm³/mol. The fourth-order valence-corrected chi connectivity index (χ4v) is 2.62. The average Bonchev–Trinajstić information content (AvgIpc) is 3.08. The van der Waals surface area contributed by atoms with Crippen LogP contribution in [0.4, 0.5) is 5.69 Å². The Hall–Kier alpha value is -2.14. The van der Waals surface area contributed by atoms with E-state index in [-0.39, 0.29) is 11.8 Å². The third-order valence-corrected chi connectivity index (χ3v) is 3.92. The fourth-order valence-electron chi connectivity index (χ4n) is 2.62. The van der Waals surface area contributed by atoms with Crippen molar-refractivity contribution in [1.82, 2.24) is 10.3 Å². The van der Waals surface area contributed by atoms with E-state index in [4.69, 9.17) is 4.42 Å². The van der Waals surface area contributed by atoms with Crippen molar-refractivity contribution in [3.8, 4) is 11.3 Å². The van der Waals surface area contributed by atoms with Gasteiger partial charge >= 0.3 is 0 Å². The zero-order valence-corrected chi connectivity index (χ0v) is 12.2. The van der Waals surface area contributed by atoms with Crippen LogP contribution in [0.3, 0.4) is 0 Å². The van der Waals surface area contributed by atoms with E-state index in [1.807, 2.05) is 31.2 Å². The van der Waals surface area contributed by atoms with E-state index in [1.54, 1.807) is 6.26 Å². The van der Waals surface area contributed by atoms with E-state index in [2.05, 4.69) is 22.5 Å². The Morgan fingerprint density at radius 1 is 1.33 bits per heavy atom. The first-order valence-electron chi connectivity index (χ1n) is 7.17. The number of nitrogens with one attached hydrogen (secondary N) is 2. The Morgan fingerprint density at radius 2 is 2.10 bits per heavy atom. The van der Waals surface area contributed by atoms with Gasteiger partial charge in [0.15, 0.2) is 5.89 Å². The van der Waals surface area contributed by atoms with Crippen molar-refractivity contribution in [3.05, 3.63) is 36.4 Å². The summed E-state index contributed by atoms with van der Waals surface area (Å²) in [7, 11) is 0. The fraction of sp³-hybridized carbons (Fsp3) is 0.375. The molecule has 1 aliphatic rings. The normalized spacial score (nSPS) is 21.4. The lowest BCUT2D eigenvalue weighted by Crippen LogP contribution is -2.27. The standard InChI is InChI=1S/C16H19N3O2/c1-10-7-17-8-14(10)16(20)19-13-5-3-12(4-6-13)15-9-21-11(2)18-15/h3-6,9-10,14,17H,7-8H2,1-2H3,(H,19,20). The number of hydrogen-bond acceptors (Lipinski definition) is 4. The number of nitrogens with zero attached hydrogens (tertiary/aromatic N) is 1. The summed E-state index contributed by atoms with van der Waals surface area (Å²) in [6.45, 7) is 5.57. The van der Waals surface area contributed by atoms with E-state index in [9.17, 15) is 4.79 Å². The highest BCUT2D eigenvalue weighted by molar-refractivity contribution is 5.93. The molecule has 1 fully saturated rings. The Labute approximate surface area is 123 Å². The molecule has 2 atom stereocenters. The molecule has 1 aromatic heterocycles. The number of carbonyl (C=O) groups excluding carboxylic acids is 1. The second-order valence-corrected chi connectivity index (χ2v) is 5.56. The molecule has 5 nitrogen and oxygen atoms in total. The zero-order chi connectivity index (χ0) is 14.8. The number of benzene rings is 1. The Balaban J connectivity index is 1.68. The zero-order valence-electron chi connectivity index (χ0n) is 12.2. The van der Waals surface area contributed by atoms with Crippen LogP contribution in [0.5, 0.6) is 0 Å². The third kappa shape index (κ3) is 2.97. The molecule has 0 radical (unpaired) electrons. The number of hydrogen-bond donors (Lipinski definition) is 2. The van der Waals surface area contributed by atoms with Crippen LogP contribution in [0, 0.1) is 18.8 Å². The van der Waals surface area contributed by atoms with Gasteiger partial charge < -0.3 is 15.1 Å². The minimum absolute atomic E-state index is 0.0443. The molecule has 0 saturated carbocycles. The number of rotatable bonds is 3. The molecule has 2 heterocycles. The number of amides is 1. The van der Waals surface area contributed by atoms with Crippen LogP contribution < -0.4 is 10.6 Å². The second kappa shape index (κ2) is 5.69. The summed E-state index contributed by atoms with van der Waals surface area (Å²) >= 11 is 0. The van der Waals surface area contributed by atoms with Gasteiger partial charge in [-0.25, -0.2) is 4.98 Å². The molecule has 2 aromatic rings. The Kier molecular flexibility index (Phi) is 3.75. The maximum absolute atomic E-state index is 12.2. The lowest BCUT2D eigenvalue weighted by Gasteiger charge is -2.14. The maximum Gasteiger partial charge on any atom is 0.229 e. The molecule has 2 N–H and O–H groups in total. The van der Waals surface area contributed by atoms with Gasteiger partial charge in [0.05, 0.1) is 5.92 Å². The summed E-state index contributed by atoms with van der Waals surface area (Å²) < 4.78 is 5.21. The van der Waals surface area contributed by atoms with Gasteiger partial charge in [0.25, 0.3) is 0 Å². The van der Waals surface area contributed by atoms with Crippen molar-refractivity contribution in [2.24, 2.45) is 11.8 Å². The van der Waals surface area contributed by atoms with Crippen molar-refractivity contribution in [2.45, 2.75) is 13.8 Å². The average molecular weight is 285 g/mol. The number of oxazole rings is 1. The van der Waals surface area contributed by atoms with Crippen LogP contribution in [0.1, 0.15) is 12.8 Å². The quantitative estimate of drug-likeness (QED) is 0.909. The van der Waals surface area contributed by atoms with Crippen molar-refractivity contribution < 1.29 is 9.21 Å². The topological polar surface area (TPSA) is 67.2 Å². The van der Waals surface area contributed by atoms with E-state index >= 15 is 0 Å². The smallest absolute Gasteiger partial charge is 0.229 e. The van der Waals surface area contributed by atoms with E-state index in [0.717, 1.165) is 30.0 Å². The lowest BCUT2D eigenvalue weighted by atomic mass is 9.97. The largest absolute Gasteiger partial charge is 0.449 e. The first-order valence-corrected chi connectivity index (χ1v) is 7.17. The van der Waals surface area contributed by atoms with Gasteiger partial charge in [-0.3, -0.25) is 4.79 Å². The highest BCUT2D eigenvalue weighted by Crippen LogP contribution is 2.22. The summed E-state index contributed by atoms with van der Waals surface area (Å²) in [5, 5.41) is 6.22. The third-order valence-electron chi connectivity index (χ3n) is 3.92. The summed E-state index contributed by atoms with van der Waals surface area (Å²) in [6.07, 6.45) is 1.63. The molecule has 1 aliphatic heterocycles. The monoisotopic (exact) mass is 285 g/mol. The molecule has 110 valence electrons. The van der Waals surface area contributed by atoms with Crippen LogP contribution >= 0.6 is 0 Å². The van der Waals surface area contributed by atoms with Gasteiger partial charge in [0.1, 0.15) is 12.0 Å². The molecule has 1 amide bonds. The number of aromatic nitrogens is 1. The highest BCUT2D eigenvalue weighted by atomic mass is 16.3. The highest BCUT2D eigenvalue weighted by Gasteiger charge is 2.29. The van der Waals surface area contributed by atoms with Crippen molar-refractivity contribution in [1.29, 1.82) is 0 Å². The van der Waals surface area contributed by atoms with Crippen molar-refractivity contribution in [3.63, 3.8) is 0 Å². The van der Waals surface area contributed by atoms with Gasteiger partial charge in [0, 0.05) is 24.7 Å². The summed E-state index contributed by atoms with van der Waals surface area (Å²) in [6, 6.07) is 7.65. The molecule has 5 heteroatoms. The molecule has 1 aromatic carbocycles. The van der Waals surface area contributed by atoms with Crippen LogP contribution in [-0.2, 0) is 4.79 Å². The maximum atomic E-state index is 12.2. The molecule has 0 bridgehead atoms. The lowest BCUT2D eigenvalue weighted by molar-refractivity contribution is -0.120. The summed E-state index contributed by atoms with van der Waals surface area (Å²) in [5.74, 6) is 1.15. The van der Waals surface area contributed by atoms with Crippen LogP contribution in [0.25, 0.3) is 11.3 Å². The first kappa shape index (κ1) is 13.8. The van der Waals surface area contributed by atoms with E-state index < -0.39 is 0 Å². The van der Waals surface area contributed by atoms with Gasteiger partial charge in [-0.05, 0) is 24.6 Å². The predicted octanol–water partition coefficient (Wildman–Crippen LogP) is 2.44. The molecule has 0 aliphatic carbocycles. The minimum Gasteiger partial charge on any atom is -0.449 e. The molecule has 3 rings (SSSR count). The number of anilines is 1. The molecular formula is C16H19N3O2.